The van der Waals surface area contributed by atoms with Gasteiger partial charge in [0.05, 0.1) is 26.2 Å². The zero-order valence-electron chi connectivity index (χ0n) is 20.4. The van der Waals surface area contributed by atoms with Crippen LogP contribution in [-0.4, -0.2) is 45.0 Å². The van der Waals surface area contributed by atoms with Gasteiger partial charge in [-0.2, -0.15) is 0 Å². The van der Waals surface area contributed by atoms with Crippen molar-refractivity contribution in [2.45, 2.75) is 31.7 Å². The molecule has 1 aliphatic rings. The molecule has 34 heavy (non-hydrogen) atoms. The van der Waals surface area contributed by atoms with E-state index in [1.165, 1.54) is 12.7 Å². The van der Waals surface area contributed by atoms with E-state index < -0.39 is 12.0 Å². The van der Waals surface area contributed by atoms with Gasteiger partial charge in [0, 0.05) is 30.2 Å². The molecule has 2 amide bonds. The van der Waals surface area contributed by atoms with Crippen LogP contribution >= 0.6 is 11.3 Å². The Morgan fingerprint density at radius 3 is 2.26 bits per heavy atom. The van der Waals surface area contributed by atoms with Crippen LogP contribution in [0, 0.1) is 0 Å². The molecular weight excluding hydrogens is 448 g/mol. The molecule has 0 unspecified atom stereocenters. The third kappa shape index (κ3) is 4.05. The van der Waals surface area contributed by atoms with E-state index in [1.54, 1.807) is 54.5 Å². The third-order valence-electron chi connectivity index (χ3n) is 6.55. The topological polar surface area (TPSA) is 59.1 Å². The van der Waals surface area contributed by atoms with Crippen LogP contribution in [0.2, 0.25) is 0 Å². The monoisotopic (exact) mass is 478 g/mol. The van der Waals surface area contributed by atoms with Crippen molar-refractivity contribution in [1.29, 1.82) is 0 Å². The first kappa shape index (κ1) is 23.8. The Morgan fingerprint density at radius 1 is 1.06 bits per heavy atom. The number of carbonyl (C=O) groups excluding carboxylic acids is 2. The summed E-state index contributed by atoms with van der Waals surface area (Å²) in [5, 5.41) is 1.97. The molecule has 2 atom stereocenters. The standard InChI is InChI=1S/C27H30N2O4S/c1-16(2)17-9-11-18(12-10-17)28(3)27(31)24-19-14-21(32-5)22(33-6)15-20(19)26(30)29(4)25(24)23-8-7-13-34-23/h7-16,24-25H,1-6H3/t24-,25+/m1/s1. The molecule has 2 heterocycles. The molecular formula is C27H30N2O4S. The summed E-state index contributed by atoms with van der Waals surface area (Å²) in [7, 11) is 6.63. The molecule has 0 saturated heterocycles. The maximum absolute atomic E-state index is 14.1. The quantitative estimate of drug-likeness (QED) is 0.472. The van der Waals surface area contributed by atoms with Crippen molar-refractivity contribution >= 4 is 28.8 Å². The van der Waals surface area contributed by atoms with Crippen molar-refractivity contribution in [2.24, 2.45) is 0 Å². The molecule has 1 aliphatic heterocycles. The van der Waals surface area contributed by atoms with E-state index in [2.05, 4.69) is 26.0 Å². The Kier molecular flexibility index (Phi) is 6.66. The third-order valence-corrected chi connectivity index (χ3v) is 7.50. The molecule has 0 N–H and O–H groups in total. The SMILES string of the molecule is COc1cc2c(cc1OC)[C@@H](C(=O)N(C)c1ccc(C(C)C)cc1)[C@H](c1cccs1)N(C)C2=O. The van der Waals surface area contributed by atoms with E-state index in [0.29, 0.717) is 28.5 Å². The predicted octanol–water partition coefficient (Wildman–Crippen LogP) is 5.46. The second-order valence-electron chi connectivity index (χ2n) is 8.79. The number of carbonyl (C=O) groups is 2. The number of likely N-dealkylation sites (N-methyl/N-ethyl adjacent to an activating group) is 2. The summed E-state index contributed by atoms with van der Waals surface area (Å²) < 4.78 is 11.0. The zero-order valence-corrected chi connectivity index (χ0v) is 21.2. The van der Waals surface area contributed by atoms with Crippen molar-refractivity contribution in [3.05, 3.63) is 75.5 Å². The Bertz CT molecular complexity index is 1190. The molecule has 0 aliphatic carbocycles. The van der Waals surface area contributed by atoms with Gasteiger partial charge < -0.3 is 19.3 Å². The molecule has 0 fully saturated rings. The fourth-order valence-electron chi connectivity index (χ4n) is 4.55. The molecule has 178 valence electrons. The average Bonchev–Trinajstić information content (AvgIpc) is 3.38. The van der Waals surface area contributed by atoms with Crippen molar-refractivity contribution in [2.75, 3.05) is 33.2 Å². The van der Waals surface area contributed by atoms with Gasteiger partial charge in [-0.15, -0.1) is 11.3 Å². The van der Waals surface area contributed by atoms with Crippen molar-refractivity contribution in [3.8, 4) is 11.5 Å². The van der Waals surface area contributed by atoms with E-state index in [1.807, 2.05) is 29.6 Å². The van der Waals surface area contributed by atoms with E-state index in [0.717, 1.165) is 10.6 Å². The van der Waals surface area contributed by atoms with Crippen LogP contribution in [0.5, 0.6) is 11.5 Å². The first-order chi connectivity index (χ1) is 16.3. The van der Waals surface area contributed by atoms with E-state index in [9.17, 15) is 9.59 Å². The molecule has 2 aromatic carbocycles. The smallest absolute Gasteiger partial charge is 0.254 e. The molecule has 7 heteroatoms. The van der Waals surface area contributed by atoms with Gasteiger partial charge in [-0.3, -0.25) is 9.59 Å². The van der Waals surface area contributed by atoms with Gasteiger partial charge in [-0.1, -0.05) is 32.0 Å². The van der Waals surface area contributed by atoms with E-state index >= 15 is 0 Å². The number of anilines is 1. The zero-order chi connectivity index (χ0) is 24.6. The van der Waals surface area contributed by atoms with Crippen LogP contribution in [0.1, 0.15) is 58.1 Å². The first-order valence-electron chi connectivity index (χ1n) is 11.2. The minimum absolute atomic E-state index is 0.0940. The maximum atomic E-state index is 14.1. The number of methoxy groups -OCH3 is 2. The normalized spacial score (nSPS) is 17.5. The number of nitrogens with zero attached hydrogens (tertiary/aromatic N) is 2. The molecule has 6 nitrogen and oxygen atoms in total. The van der Waals surface area contributed by atoms with E-state index in [-0.39, 0.29) is 11.8 Å². The minimum Gasteiger partial charge on any atom is -0.493 e. The molecule has 0 radical (unpaired) electrons. The van der Waals surface area contributed by atoms with Crippen LogP contribution in [-0.2, 0) is 4.79 Å². The van der Waals surface area contributed by atoms with Crippen molar-refractivity contribution in [3.63, 3.8) is 0 Å². The minimum atomic E-state index is -0.606. The molecule has 0 spiro atoms. The largest absolute Gasteiger partial charge is 0.493 e. The lowest BCUT2D eigenvalue weighted by atomic mass is 9.81. The van der Waals surface area contributed by atoms with Crippen LogP contribution in [0.25, 0.3) is 0 Å². The Hall–Kier alpha value is -3.32. The Balaban J connectivity index is 1.85. The number of hydrogen-bond acceptors (Lipinski definition) is 5. The lowest BCUT2D eigenvalue weighted by Crippen LogP contribution is -2.46. The van der Waals surface area contributed by atoms with Gasteiger partial charge in [0.15, 0.2) is 11.5 Å². The van der Waals surface area contributed by atoms with Gasteiger partial charge in [0.2, 0.25) is 5.91 Å². The van der Waals surface area contributed by atoms with Crippen molar-refractivity contribution < 1.29 is 19.1 Å². The summed E-state index contributed by atoms with van der Waals surface area (Å²) >= 11 is 1.54. The molecule has 0 saturated carbocycles. The fourth-order valence-corrected chi connectivity index (χ4v) is 5.45. The summed E-state index contributed by atoms with van der Waals surface area (Å²) in [6.07, 6.45) is 0. The van der Waals surface area contributed by atoms with Crippen LogP contribution in [0.3, 0.4) is 0 Å². The molecule has 1 aromatic heterocycles. The second kappa shape index (κ2) is 9.50. The van der Waals surface area contributed by atoms with Gasteiger partial charge in [-0.25, -0.2) is 0 Å². The number of amides is 2. The highest BCUT2D eigenvalue weighted by Gasteiger charge is 2.45. The summed E-state index contributed by atoms with van der Waals surface area (Å²) in [5.41, 5.74) is 3.12. The number of benzene rings is 2. The summed E-state index contributed by atoms with van der Waals surface area (Å²) in [6.45, 7) is 4.28. The van der Waals surface area contributed by atoms with Gasteiger partial charge in [0.25, 0.3) is 5.91 Å². The number of ether oxygens (including phenoxy) is 2. The summed E-state index contributed by atoms with van der Waals surface area (Å²) in [6, 6.07) is 15.0. The number of rotatable bonds is 6. The van der Waals surface area contributed by atoms with Crippen LogP contribution in [0.4, 0.5) is 5.69 Å². The first-order valence-corrected chi connectivity index (χ1v) is 12.1. The molecule has 3 aromatic rings. The lowest BCUT2D eigenvalue weighted by molar-refractivity contribution is -0.121. The highest BCUT2D eigenvalue weighted by Crippen LogP contribution is 2.47. The molecule has 0 bridgehead atoms. The molecule has 4 rings (SSSR count). The summed E-state index contributed by atoms with van der Waals surface area (Å²) in [5.74, 6) is 0.508. The van der Waals surface area contributed by atoms with Crippen LogP contribution < -0.4 is 14.4 Å². The predicted molar refractivity (Wildman–Crippen MR) is 135 cm³/mol. The Morgan fingerprint density at radius 2 is 1.71 bits per heavy atom. The van der Waals surface area contributed by atoms with Gasteiger partial charge >= 0.3 is 0 Å². The van der Waals surface area contributed by atoms with Gasteiger partial charge in [-0.05, 0) is 52.8 Å². The lowest BCUT2D eigenvalue weighted by Gasteiger charge is -2.40. The maximum Gasteiger partial charge on any atom is 0.254 e. The summed E-state index contributed by atoms with van der Waals surface area (Å²) in [4.78, 5) is 31.8. The number of thiophene rings is 1. The highest BCUT2D eigenvalue weighted by molar-refractivity contribution is 7.10. The van der Waals surface area contributed by atoms with Crippen molar-refractivity contribution in [1.82, 2.24) is 4.90 Å². The number of fused-ring (bicyclic) bond motifs is 1. The van der Waals surface area contributed by atoms with Crippen LogP contribution in [0.15, 0.2) is 53.9 Å². The van der Waals surface area contributed by atoms with Gasteiger partial charge in [0.1, 0.15) is 0 Å². The Labute approximate surface area is 204 Å². The fraction of sp³-hybridized carbons (Fsp3) is 0.333. The van der Waals surface area contributed by atoms with E-state index in [4.69, 9.17) is 9.47 Å². The second-order valence-corrected chi connectivity index (χ2v) is 9.77. The number of hydrogen-bond donors (Lipinski definition) is 0. The average molecular weight is 479 g/mol. The highest BCUT2D eigenvalue weighted by atomic mass is 32.1.